The van der Waals surface area contributed by atoms with Crippen LogP contribution in [0.2, 0.25) is 0 Å². The van der Waals surface area contributed by atoms with E-state index in [1.54, 1.807) is 25.6 Å². The molecule has 0 aliphatic rings. The molecular weight excluding hydrogens is 398 g/mol. The summed E-state index contributed by atoms with van der Waals surface area (Å²) in [5.74, 6) is 1.16. The van der Waals surface area contributed by atoms with Crippen molar-refractivity contribution in [2.24, 2.45) is 0 Å². The first-order valence-electron chi connectivity index (χ1n) is 8.68. The van der Waals surface area contributed by atoms with E-state index in [2.05, 4.69) is 4.57 Å². The van der Waals surface area contributed by atoms with Gasteiger partial charge in [0.25, 0.3) is 15.1 Å². The van der Waals surface area contributed by atoms with Crippen LogP contribution in [-0.2, 0) is 16.7 Å². The van der Waals surface area contributed by atoms with Crippen LogP contribution >= 0.6 is 11.3 Å². The fourth-order valence-corrected chi connectivity index (χ4v) is 4.51. The van der Waals surface area contributed by atoms with Crippen LogP contribution in [0.25, 0.3) is 22.4 Å². The highest BCUT2D eigenvalue weighted by molar-refractivity contribution is 7.85. The monoisotopic (exact) mass is 420 g/mol. The summed E-state index contributed by atoms with van der Waals surface area (Å²) in [6.45, 7) is 0.489. The van der Waals surface area contributed by atoms with E-state index >= 15 is 0 Å². The molecule has 0 radical (unpaired) electrons. The lowest BCUT2D eigenvalue weighted by atomic mass is 10.1. The number of hydrogen-bond donors (Lipinski definition) is 1. The topological polar surface area (TPSA) is 76.7 Å². The predicted octanol–water partition coefficient (Wildman–Crippen LogP) is 3.65. The number of aromatic nitrogens is 1. The van der Waals surface area contributed by atoms with E-state index in [9.17, 15) is 8.42 Å². The lowest BCUT2D eigenvalue weighted by Crippen LogP contribution is -2.35. The van der Waals surface area contributed by atoms with E-state index in [1.165, 1.54) is 0 Å². The summed E-state index contributed by atoms with van der Waals surface area (Å²) in [5, 5.41) is 0.981. The maximum atomic E-state index is 11.1. The van der Waals surface area contributed by atoms with Crippen molar-refractivity contribution in [3.8, 4) is 11.5 Å². The lowest BCUT2D eigenvalue weighted by Gasteiger charge is -2.06. The SMILES string of the molecule is COc1ccc(/C=C/c2sc3ccccc3[n+]2CCCS(=O)(=O)O)c(OC)c1. The third kappa shape index (κ3) is 4.89. The Labute approximate surface area is 168 Å². The number of fused-ring (bicyclic) bond motifs is 1. The van der Waals surface area contributed by atoms with E-state index < -0.39 is 10.1 Å². The van der Waals surface area contributed by atoms with Crippen LogP contribution in [0, 0.1) is 0 Å². The van der Waals surface area contributed by atoms with Gasteiger partial charge in [0.05, 0.1) is 20.0 Å². The summed E-state index contributed by atoms with van der Waals surface area (Å²) >= 11 is 1.62. The van der Waals surface area contributed by atoms with Crippen LogP contribution in [0.1, 0.15) is 17.0 Å². The molecule has 1 aromatic heterocycles. The summed E-state index contributed by atoms with van der Waals surface area (Å²) in [7, 11) is -0.750. The van der Waals surface area contributed by atoms with E-state index in [-0.39, 0.29) is 5.75 Å². The molecule has 0 atom stereocenters. The zero-order chi connectivity index (χ0) is 20.1. The van der Waals surface area contributed by atoms with Crippen molar-refractivity contribution in [3.05, 3.63) is 53.0 Å². The first-order chi connectivity index (χ1) is 13.4. The van der Waals surface area contributed by atoms with Crippen molar-refractivity contribution in [3.63, 3.8) is 0 Å². The minimum absolute atomic E-state index is 0.264. The van der Waals surface area contributed by atoms with Gasteiger partial charge in [-0.1, -0.05) is 23.5 Å². The summed E-state index contributed by atoms with van der Waals surface area (Å²) in [6, 6.07) is 13.6. The molecule has 6 nitrogen and oxygen atoms in total. The second-order valence-corrected chi connectivity index (χ2v) is 8.77. The zero-order valence-corrected chi connectivity index (χ0v) is 17.3. The van der Waals surface area contributed by atoms with Gasteiger partial charge in [-0.15, -0.1) is 0 Å². The van der Waals surface area contributed by atoms with Crippen molar-refractivity contribution in [2.45, 2.75) is 13.0 Å². The standard InChI is InChI=1S/C20H21NO5S2/c1-25-16-10-8-15(18(14-16)26-2)9-11-20-21(12-5-13-28(22,23)24)17-6-3-4-7-19(17)27-20/h3-4,6-11,14H,5,12-13H2,1-2H3/p+1/b11-9+. The molecule has 3 rings (SSSR count). The van der Waals surface area contributed by atoms with Gasteiger partial charge in [0.1, 0.15) is 16.2 Å². The molecule has 0 aliphatic carbocycles. The lowest BCUT2D eigenvalue weighted by molar-refractivity contribution is -0.668. The second kappa shape index (κ2) is 8.72. The number of methoxy groups -OCH3 is 2. The summed E-state index contributed by atoms with van der Waals surface area (Å²) < 4.78 is 45.0. The number of para-hydroxylation sites is 1. The van der Waals surface area contributed by atoms with Crippen molar-refractivity contribution in [2.75, 3.05) is 20.0 Å². The average Bonchev–Trinajstić information content (AvgIpc) is 3.03. The third-order valence-corrected chi connectivity index (χ3v) is 6.20. The molecule has 0 aliphatic heterocycles. The van der Waals surface area contributed by atoms with E-state index in [1.807, 2.05) is 54.6 Å². The minimum atomic E-state index is -3.97. The van der Waals surface area contributed by atoms with Crippen LogP contribution in [0.5, 0.6) is 11.5 Å². The normalized spacial score (nSPS) is 12.0. The first-order valence-corrected chi connectivity index (χ1v) is 11.1. The average molecular weight is 421 g/mol. The molecule has 8 heteroatoms. The van der Waals surface area contributed by atoms with Crippen molar-refractivity contribution in [1.82, 2.24) is 0 Å². The van der Waals surface area contributed by atoms with Crippen molar-refractivity contribution >= 4 is 43.8 Å². The zero-order valence-electron chi connectivity index (χ0n) is 15.7. The van der Waals surface area contributed by atoms with E-state index in [0.29, 0.717) is 18.7 Å². The van der Waals surface area contributed by atoms with Crippen LogP contribution in [0.3, 0.4) is 0 Å². The smallest absolute Gasteiger partial charge is 0.265 e. The summed E-state index contributed by atoms with van der Waals surface area (Å²) in [5.41, 5.74) is 1.94. The third-order valence-electron chi connectivity index (χ3n) is 4.27. The molecule has 3 aromatic rings. The number of rotatable bonds is 8. The molecule has 148 valence electrons. The molecule has 0 amide bonds. The van der Waals surface area contributed by atoms with Crippen LogP contribution in [-0.4, -0.2) is 32.9 Å². The Morgan fingerprint density at radius 2 is 1.89 bits per heavy atom. The number of thiazole rings is 1. The van der Waals surface area contributed by atoms with Crippen molar-refractivity contribution in [1.29, 1.82) is 0 Å². The highest BCUT2D eigenvalue weighted by Gasteiger charge is 2.19. The summed E-state index contributed by atoms with van der Waals surface area (Å²) in [6.07, 6.45) is 4.28. The molecule has 1 heterocycles. The van der Waals surface area contributed by atoms with Gasteiger partial charge in [-0.25, -0.2) is 0 Å². The number of benzene rings is 2. The van der Waals surface area contributed by atoms with Crippen LogP contribution < -0.4 is 14.0 Å². The Morgan fingerprint density at radius 1 is 1.11 bits per heavy atom. The second-order valence-electron chi connectivity index (χ2n) is 6.14. The van der Waals surface area contributed by atoms with Gasteiger partial charge in [0.15, 0.2) is 6.54 Å². The highest BCUT2D eigenvalue weighted by atomic mass is 32.2. The number of nitrogens with zero attached hydrogens (tertiary/aromatic N) is 1. The minimum Gasteiger partial charge on any atom is -0.497 e. The molecule has 0 bridgehead atoms. The fraction of sp³-hybridized carbons (Fsp3) is 0.250. The van der Waals surface area contributed by atoms with Gasteiger partial charge >= 0.3 is 0 Å². The Morgan fingerprint density at radius 3 is 2.61 bits per heavy atom. The maximum absolute atomic E-state index is 11.1. The van der Waals surface area contributed by atoms with Gasteiger partial charge in [-0.3, -0.25) is 4.55 Å². The predicted molar refractivity (Wildman–Crippen MR) is 112 cm³/mol. The van der Waals surface area contributed by atoms with Gasteiger partial charge in [0.2, 0.25) is 5.52 Å². The van der Waals surface area contributed by atoms with Gasteiger partial charge in [-0.2, -0.15) is 13.0 Å². The van der Waals surface area contributed by atoms with Crippen LogP contribution in [0.4, 0.5) is 0 Å². The summed E-state index contributed by atoms with van der Waals surface area (Å²) in [4.78, 5) is 0. The fourth-order valence-electron chi connectivity index (χ4n) is 2.93. The van der Waals surface area contributed by atoms with Gasteiger partial charge in [-0.05, 0) is 24.3 Å². The molecule has 28 heavy (non-hydrogen) atoms. The Bertz CT molecular complexity index is 1100. The van der Waals surface area contributed by atoms with E-state index in [4.69, 9.17) is 14.0 Å². The Kier molecular flexibility index (Phi) is 6.33. The van der Waals surface area contributed by atoms with Crippen LogP contribution in [0.15, 0.2) is 42.5 Å². The number of hydrogen-bond acceptors (Lipinski definition) is 5. The Balaban J connectivity index is 1.94. The largest absolute Gasteiger partial charge is 0.497 e. The Hall–Kier alpha value is -2.42. The van der Waals surface area contributed by atoms with Crippen molar-refractivity contribution < 1.29 is 27.0 Å². The molecule has 0 unspecified atom stereocenters. The number of aryl methyl sites for hydroxylation is 1. The molecule has 0 spiro atoms. The maximum Gasteiger partial charge on any atom is 0.265 e. The molecule has 0 saturated heterocycles. The molecular formula is C20H22NO5S2+. The van der Waals surface area contributed by atoms with Gasteiger partial charge in [0, 0.05) is 30.2 Å². The molecule has 1 N–H and O–H groups in total. The first kappa shape index (κ1) is 20.3. The van der Waals surface area contributed by atoms with Gasteiger partial charge < -0.3 is 9.47 Å². The molecule has 2 aromatic carbocycles. The molecule has 0 saturated carbocycles. The van der Waals surface area contributed by atoms with E-state index in [0.717, 1.165) is 26.5 Å². The molecule has 0 fully saturated rings. The quantitative estimate of drug-likeness (QED) is 0.445. The number of ether oxygens (including phenoxy) is 2. The highest BCUT2D eigenvalue weighted by Crippen LogP contribution is 2.27.